The molecule has 1 amide bonds. The van der Waals surface area contributed by atoms with E-state index in [0.29, 0.717) is 16.9 Å². The third kappa shape index (κ3) is 6.02. The van der Waals surface area contributed by atoms with Gasteiger partial charge in [-0.15, -0.1) is 0 Å². The number of carbonyl (C=O) groups is 2. The molecule has 1 unspecified atom stereocenters. The van der Waals surface area contributed by atoms with Gasteiger partial charge in [-0.25, -0.2) is 4.79 Å². The van der Waals surface area contributed by atoms with Crippen LogP contribution in [0.15, 0.2) is 48.5 Å². The standard InChI is InChI=1S/C19H18F3NO4/c1-27-15-8-6-13(7-9-15)16(18(25)26)23-17(24)14-4-2-12(3-5-14)10-11-19(20,21)22/h2-9,16H,10-11H2,1H3,(H,23,24)(H,25,26). The normalized spacial score (nSPS) is 12.3. The fraction of sp³-hybridized carbons (Fsp3) is 0.263. The molecule has 0 radical (unpaired) electrons. The molecule has 0 heterocycles. The summed E-state index contributed by atoms with van der Waals surface area (Å²) in [4.78, 5) is 23.8. The number of alkyl halides is 3. The van der Waals surface area contributed by atoms with Crippen molar-refractivity contribution in [1.29, 1.82) is 0 Å². The highest BCUT2D eigenvalue weighted by molar-refractivity contribution is 5.96. The maximum atomic E-state index is 12.3. The second-order valence-electron chi connectivity index (χ2n) is 5.83. The van der Waals surface area contributed by atoms with Gasteiger partial charge < -0.3 is 15.2 Å². The molecule has 0 saturated carbocycles. The van der Waals surface area contributed by atoms with Crippen molar-refractivity contribution in [1.82, 2.24) is 5.32 Å². The molecule has 1 atom stereocenters. The molecule has 0 aliphatic rings. The van der Waals surface area contributed by atoms with E-state index in [2.05, 4.69) is 5.32 Å². The molecule has 2 aromatic carbocycles. The molecule has 5 nitrogen and oxygen atoms in total. The number of halogens is 3. The second kappa shape index (κ2) is 8.57. The van der Waals surface area contributed by atoms with Crippen molar-refractivity contribution in [2.75, 3.05) is 7.11 Å². The lowest BCUT2D eigenvalue weighted by Gasteiger charge is -2.15. The molecule has 0 aliphatic heterocycles. The Labute approximate surface area is 153 Å². The fourth-order valence-corrected chi connectivity index (χ4v) is 2.41. The topological polar surface area (TPSA) is 75.6 Å². The summed E-state index contributed by atoms with van der Waals surface area (Å²) in [6.07, 6.45) is -5.38. The summed E-state index contributed by atoms with van der Waals surface area (Å²) in [6.45, 7) is 0. The zero-order valence-electron chi connectivity index (χ0n) is 14.4. The number of aryl methyl sites for hydroxylation is 1. The van der Waals surface area contributed by atoms with E-state index < -0.39 is 30.5 Å². The third-order valence-corrected chi connectivity index (χ3v) is 3.88. The fourth-order valence-electron chi connectivity index (χ4n) is 2.41. The highest BCUT2D eigenvalue weighted by Gasteiger charge is 2.26. The van der Waals surface area contributed by atoms with Gasteiger partial charge in [0, 0.05) is 12.0 Å². The number of hydrogen-bond donors (Lipinski definition) is 2. The van der Waals surface area contributed by atoms with Crippen LogP contribution < -0.4 is 10.1 Å². The number of rotatable bonds is 7. The van der Waals surface area contributed by atoms with E-state index in [4.69, 9.17) is 4.74 Å². The van der Waals surface area contributed by atoms with Gasteiger partial charge in [0.1, 0.15) is 5.75 Å². The highest BCUT2D eigenvalue weighted by Crippen LogP contribution is 2.22. The predicted octanol–water partition coefficient (Wildman–Crippen LogP) is 3.75. The summed E-state index contributed by atoms with van der Waals surface area (Å²) in [5.41, 5.74) is 0.956. The Hall–Kier alpha value is -3.03. The minimum Gasteiger partial charge on any atom is -0.497 e. The first-order chi connectivity index (χ1) is 12.7. The summed E-state index contributed by atoms with van der Waals surface area (Å²) in [7, 11) is 1.48. The number of carbonyl (C=O) groups excluding carboxylic acids is 1. The minimum absolute atomic E-state index is 0.158. The van der Waals surface area contributed by atoms with E-state index in [-0.39, 0.29) is 12.0 Å². The molecule has 2 aromatic rings. The molecule has 2 rings (SSSR count). The largest absolute Gasteiger partial charge is 0.497 e. The van der Waals surface area contributed by atoms with Crippen LogP contribution in [0.2, 0.25) is 0 Å². The van der Waals surface area contributed by atoms with Gasteiger partial charge in [0.2, 0.25) is 0 Å². The van der Waals surface area contributed by atoms with Crippen LogP contribution in [0.4, 0.5) is 13.2 Å². The lowest BCUT2D eigenvalue weighted by atomic mass is 10.0. The van der Waals surface area contributed by atoms with Gasteiger partial charge in [-0.2, -0.15) is 13.2 Å². The van der Waals surface area contributed by atoms with E-state index in [9.17, 15) is 27.9 Å². The van der Waals surface area contributed by atoms with Gasteiger partial charge >= 0.3 is 12.1 Å². The molecule has 144 valence electrons. The molecule has 0 fully saturated rings. The number of hydrogen-bond acceptors (Lipinski definition) is 3. The van der Waals surface area contributed by atoms with Crippen molar-refractivity contribution in [2.45, 2.75) is 25.1 Å². The average Bonchev–Trinajstić information content (AvgIpc) is 2.64. The number of carboxylic acids is 1. The van der Waals surface area contributed by atoms with Gasteiger partial charge in [-0.3, -0.25) is 4.79 Å². The molecular formula is C19H18F3NO4. The monoisotopic (exact) mass is 381 g/mol. The van der Waals surface area contributed by atoms with E-state index >= 15 is 0 Å². The number of carboxylic acid groups (broad SMARTS) is 1. The number of nitrogens with one attached hydrogen (secondary N) is 1. The molecule has 0 saturated heterocycles. The van der Waals surface area contributed by atoms with Crippen LogP contribution >= 0.6 is 0 Å². The van der Waals surface area contributed by atoms with Crippen LogP contribution in [0, 0.1) is 0 Å². The third-order valence-electron chi connectivity index (χ3n) is 3.88. The number of aliphatic carboxylic acids is 1. The quantitative estimate of drug-likeness (QED) is 0.766. The smallest absolute Gasteiger partial charge is 0.389 e. The van der Waals surface area contributed by atoms with Gasteiger partial charge in [-0.05, 0) is 41.8 Å². The molecule has 2 N–H and O–H groups in total. The second-order valence-corrected chi connectivity index (χ2v) is 5.83. The predicted molar refractivity (Wildman–Crippen MR) is 91.7 cm³/mol. The first kappa shape index (κ1) is 20.3. The number of ether oxygens (including phenoxy) is 1. The van der Waals surface area contributed by atoms with Crippen molar-refractivity contribution in [2.24, 2.45) is 0 Å². The summed E-state index contributed by atoms with van der Waals surface area (Å²) in [6, 6.07) is 10.5. The summed E-state index contributed by atoms with van der Waals surface area (Å²) >= 11 is 0. The molecule has 0 bridgehead atoms. The molecule has 8 heteroatoms. The van der Waals surface area contributed by atoms with Crippen LogP contribution in [0.3, 0.4) is 0 Å². The Morgan fingerprint density at radius 2 is 1.67 bits per heavy atom. The highest BCUT2D eigenvalue weighted by atomic mass is 19.4. The van der Waals surface area contributed by atoms with Crippen molar-refractivity contribution in [3.05, 3.63) is 65.2 Å². The van der Waals surface area contributed by atoms with Crippen LogP contribution in [-0.4, -0.2) is 30.3 Å². The zero-order chi connectivity index (χ0) is 20.0. The van der Waals surface area contributed by atoms with Crippen molar-refractivity contribution < 1.29 is 32.6 Å². The van der Waals surface area contributed by atoms with E-state index in [1.807, 2.05) is 0 Å². The van der Waals surface area contributed by atoms with Crippen LogP contribution in [-0.2, 0) is 11.2 Å². The molecule has 0 aromatic heterocycles. The van der Waals surface area contributed by atoms with Crippen LogP contribution in [0.25, 0.3) is 0 Å². The van der Waals surface area contributed by atoms with Crippen LogP contribution in [0.1, 0.15) is 33.9 Å². The Kier molecular flexibility index (Phi) is 6.44. The van der Waals surface area contributed by atoms with Gasteiger partial charge in [0.05, 0.1) is 7.11 Å². The summed E-state index contributed by atoms with van der Waals surface area (Å²) < 4.78 is 41.8. The Morgan fingerprint density at radius 1 is 1.07 bits per heavy atom. The van der Waals surface area contributed by atoms with E-state index in [0.717, 1.165) is 0 Å². The lowest BCUT2D eigenvalue weighted by Crippen LogP contribution is -2.33. The maximum Gasteiger partial charge on any atom is 0.389 e. The van der Waals surface area contributed by atoms with E-state index in [1.54, 1.807) is 12.1 Å². The maximum absolute atomic E-state index is 12.3. The van der Waals surface area contributed by atoms with E-state index in [1.165, 1.54) is 43.5 Å². The molecule has 0 aliphatic carbocycles. The number of methoxy groups -OCH3 is 1. The minimum atomic E-state index is -4.25. The van der Waals surface area contributed by atoms with Crippen molar-refractivity contribution in [3.8, 4) is 5.75 Å². The first-order valence-electron chi connectivity index (χ1n) is 8.03. The van der Waals surface area contributed by atoms with Crippen molar-refractivity contribution in [3.63, 3.8) is 0 Å². The number of benzene rings is 2. The Balaban J connectivity index is 2.07. The molecule has 0 spiro atoms. The first-order valence-corrected chi connectivity index (χ1v) is 8.03. The Morgan fingerprint density at radius 3 is 2.15 bits per heavy atom. The number of amides is 1. The van der Waals surface area contributed by atoms with Gasteiger partial charge in [0.25, 0.3) is 5.91 Å². The summed E-state index contributed by atoms with van der Waals surface area (Å²) in [5.74, 6) is -1.33. The van der Waals surface area contributed by atoms with Crippen LogP contribution in [0.5, 0.6) is 5.75 Å². The average molecular weight is 381 g/mol. The lowest BCUT2D eigenvalue weighted by molar-refractivity contribution is -0.139. The van der Waals surface area contributed by atoms with Crippen molar-refractivity contribution >= 4 is 11.9 Å². The van der Waals surface area contributed by atoms with Gasteiger partial charge in [0.15, 0.2) is 6.04 Å². The van der Waals surface area contributed by atoms with Gasteiger partial charge in [-0.1, -0.05) is 24.3 Å². The SMILES string of the molecule is COc1ccc(C(NC(=O)c2ccc(CCC(F)(F)F)cc2)C(=O)O)cc1. The molecule has 27 heavy (non-hydrogen) atoms. The summed E-state index contributed by atoms with van der Waals surface area (Å²) in [5, 5.41) is 11.8. The molecular weight excluding hydrogens is 363 g/mol. The zero-order valence-corrected chi connectivity index (χ0v) is 14.4. The Bertz CT molecular complexity index is 786.